The van der Waals surface area contributed by atoms with Gasteiger partial charge in [-0.2, -0.15) is 10.5 Å². The van der Waals surface area contributed by atoms with E-state index < -0.39 is 0 Å². The molecule has 66 heavy (non-hydrogen) atoms. The van der Waals surface area contributed by atoms with Gasteiger partial charge in [0.25, 0.3) is 0 Å². The Balaban J connectivity index is 1.13. The maximum atomic E-state index is 9.41. The van der Waals surface area contributed by atoms with E-state index in [1.807, 2.05) is 84.9 Å². The van der Waals surface area contributed by atoms with Crippen LogP contribution in [0.5, 0.6) is 28.9 Å². The third-order valence-electron chi connectivity index (χ3n) is 10.7. The van der Waals surface area contributed by atoms with Crippen LogP contribution in [0, 0.1) is 29.6 Å². The van der Waals surface area contributed by atoms with Gasteiger partial charge in [0.1, 0.15) is 43.4 Å². The molecular formula is C52H48Cl2N6O6. The van der Waals surface area contributed by atoms with Gasteiger partial charge >= 0.3 is 0 Å². The van der Waals surface area contributed by atoms with Crippen LogP contribution in [0.2, 0.25) is 10.0 Å². The van der Waals surface area contributed by atoms with Crippen LogP contribution in [0.3, 0.4) is 0 Å². The van der Waals surface area contributed by atoms with Crippen molar-refractivity contribution < 1.29 is 28.4 Å². The molecular weight excluding hydrogens is 876 g/mol. The van der Waals surface area contributed by atoms with E-state index in [2.05, 4.69) is 34.7 Å². The fourth-order valence-electron chi connectivity index (χ4n) is 7.22. The lowest BCUT2D eigenvalue weighted by Gasteiger charge is -2.18. The number of hydrogen-bond donors (Lipinski definition) is 2. The van der Waals surface area contributed by atoms with E-state index in [-0.39, 0.29) is 19.8 Å². The van der Waals surface area contributed by atoms with Crippen LogP contribution in [-0.2, 0) is 42.4 Å². The van der Waals surface area contributed by atoms with E-state index in [4.69, 9.17) is 56.6 Å². The molecule has 7 rings (SSSR count). The number of rotatable bonds is 22. The topological polar surface area (TPSA) is 153 Å². The molecule has 6 aromatic carbocycles. The molecule has 1 aromatic heterocycles. The van der Waals surface area contributed by atoms with Crippen molar-refractivity contribution in [2.75, 3.05) is 40.5 Å². The lowest BCUT2D eigenvalue weighted by Crippen LogP contribution is -2.19. The summed E-state index contributed by atoms with van der Waals surface area (Å²) in [5.41, 5.74) is 8.98. The molecule has 0 spiro atoms. The Kier molecular flexibility index (Phi) is 16.8. The summed E-state index contributed by atoms with van der Waals surface area (Å²) in [6, 6.07) is 38.2. The zero-order valence-corrected chi connectivity index (χ0v) is 38.3. The van der Waals surface area contributed by atoms with Gasteiger partial charge in [-0.15, -0.1) is 0 Å². The fraction of sp³-hybridized carbons (Fsp3) is 0.231. The summed E-state index contributed by atoms with van der Waals surface area (Å²) >= 11 is 13.7. The van der Waals surface area contributed by atoms with Crippen LogP contribution < -0.4 is 29.6 Å². The third kappa shape index (κ3) is 12.1. The van der Waals surface area contributed by atoms with Crippen molar-refractivity contribution in [1.29, 1.82) is 10.5 Å². The SMILES string of the molecule is COCCNCc1cc(Cl)c(OCc2cccc(-c3cccc4c(Oc5cc(OCc6cccc(C#N)c6)c(CNCCOC)cc5Cl)ncnc34)c2C)cc1OCc1cccc(C#N)c1. The van der Waals surface area contributed by atoms with Crippen LogP contribution in [0.15, 0.2) is 116 Å². The molecule has 12 nitrogen and oxygen atoms in total. The Labute approximate surface area is 394 Å². The fourth-order valence-corrected chi connectivity index (χ4v) is 7.68. The van der Waals surface area contributed by atoms with Crippen LogP contribution in [0.25, 0.3) is 22.0 Å². The number of nitriles is 2. The summed E-state index contributed by atoms with van der Waals surface area (Å²) in [7, 11) is 3.31. The Morgan fingerprint density at radius 1 is 0.576 bits per heavy atom. The van der Waals surface area contributed by atoms with Gasteiger partial charge in [0.05, 0.1) is 57.4 Å². The Morgan fingerprint density at radius 3 is 1.73 bits per heavy atom. The van der Waals surface area contributed by atoms with Crippen molar-refractivity contribution in [2.24, 2.45) is 0 Å². The molecule has 0 saturated carbocycles. The minimum absolute atomic E-state index is 0.229. The van der Waals surface area contributed by atoms with Gasteiger partial charge in [-0.25, -0.2) is 9.97 Å². The maximum Gasteiger partial charge on any atom is 0.230 e. The van der Waals surface area contributed by atoms with Crippen molar-refractivity contribution in [1.82, 2.24) is 20.6 Å². The summed E-state index contributed by atoms with van der Waals surface area (Å²) in [6.07, 6.45) is 1.48. The van der Waals surface area contributed by atoms with Crippen LogP contribution in [-0.4, -0.2) is 50.5 Å². The van der Waals surface area contributed by atoms with Crippen molar-refractivity contribution in [3.05, 3.63) is 170 Å². The molecule has 0 fully saturated rings. The summed E-state index contributed by atoms with van der Waals surface area (Å²) in [4.78, 5) is 9.28. The summed E-state index contributed by atoms with van der Waals surface area (Å²) in [5.74, 6) is 2.32. The lowest BCUT2D eigenvalue weighted by atomic mass is 9.95. The van der Waals surface area contributed by atoms with Crippen molar-refractivity contribution in [3.63, 3.8) is 0 Å². The van der Waals surface area contributed by atoms with Gasteiger partial charge in [-0.3, -0.25) is 0 Å². The van der Waals surface area contributed by atoms with Gasteiger partial charge in [-0.1, -0.05) is 77.8 Å². The van der Waals surface area contributed by atoms with E-state index in [1.54, 1.807) is 38.5 Å². The number of para-hydroxylation sites is 1. The second-order valence-electron chi connectivity index (χ2n) is 15.2. The molecule has 0 radical (unpaired) electrons. The van der Waals surface area contributed by atoms with Gasteiger partial charge in [-0.05, 0) is 77.2 Å². The zero-order chi connectivity index (χ0) is 46.3. The van der Waals surface area contributed by atoms with Crippen LogP contribution in [0.4, 0.5) is 0 Å². The van der Waals surface area contributed by atoms with Gasteiger partial charge in [0.15, 0.2) is 5.75 Å². The normalized spacial score (nSPS) is 11.0. The molecule has 0 amide bonds. The first-order valence-electron chi connectivity index (χ1n) is 21.2. The molecule has 0 aliphatic rings. The highest BCUT2D eigenvalue weighted by molar-refractivity contribution is 6.32. The second kappa shape index (κ2) is 23.4. The second-order valence-corrected chi connectivity index (χ2v) is 16.0. The molecule has 2 N–H and O–H groups in total. The average Bonchev–Trinajstić information content (AvgIpc) is 3.34. The van der Waals surface area contributed by atoms with Crippen molar-refractivity contribution >= 4 is 34.1 Å². The molecule has 0 bridgehead atoms. The number of aromatic nitrogens is 2. The highest BCUT2D eigenvalue weighted by Crippen LogP contribution is 2.40. The number of halogens is 2. The first-order chi connectivity index (χ1) is 32.3. The minimum atomic E-state index is 0.229. The number of nitrogens with one attached hydrogen (secondary N) is 2. The van der Waals surface area contributed by atoms with Gasteiger partial charge < -0.3 is 39.1 Å². The maximum absolute atomic E-state index is 9.41. The quantitative estimate of drug-likeness (QED) is 0.0622. The third-order valence-corrected chi connectivity index (χ3v) is 11.3. The Morgan fingerprint density at radius 2 is 1.12 bits per heavy atom. The Hall–Kier alpha value is -6.74. The van der Waals surface area contributed by atoms with E-state index in [9.17, 15) is 10.5 Å². The summed E-state index contributed by atoms with van der Waals surface area (Å²) in [6.45, 7) is 6.13. The zero-order valence-electron chi connectivity index (χ0n) is 36.8. The molecule has 336 valence electrons. The number of methoxy groups -OCH3 is 2. The number of ether oxygens (including phenoxy) is 6. The number of hydrogen-bond acceptors (Lipinski definition) is 12. The number of benzene rings is 6. The summed E-state index contributed by atoms with van der Waals surface area (Å²) in [5, 5.41) is 27.0. The molecule has 0 saturated heterocycles. The van der Waals surface area contributed by atoms with Crippen LogP contribution in [0.1, 0.15) is 44.5 Å². The lowest BCUT2D eigenvalue weighted by molar-refractivity contribution is 0.199. The molecule has 0 unspecified atom stereocenters. The highest BCUT2D eigenvalue weighted by atomic mass is 35.5. The molecule has 0 aliphatic heterocycles. The average molecular weight is 924 g/mol. The van der Waals surface area contributed by atoms with Crippen molar-refractivity contribution in [2.45, 2.75) is 39.8 Å². The predicted octanol–water partition coefficient (Wildman–Crippen LogP) is 10.7. The molecule has 7 aromatic rings. The smallest absolute Gasteiger partial charge is 0.230 e. The molecule has 0 atom stereocenters. The van der Waals surface area contributed by atoms with Gasteiger partial charge in [0, 0.05) is 69.2 Å². The first-order valence-corrected chi connectivity index (χ1v) is 21.9. The van der Waals surface area contributed by atoms with E-state index in [0.29, 0.717) is 100 Å². The highest BCUT2D eigenvalue weighted by Gasteiger charge is 2.19. The Bertz CT molecular complexity index is 2880. The standard InChI is InChI=1S/C52H48Cl2N6O6/c1-34-39(32-65-49-24-47(40(22-45(49)53)28-57-16-18-61-2)63-30-37-10-4-8-35(20-37)26-55)12-6-13-42(34)43-14-7-15-44-51(43)59-33-60-52(44)66-50-25-48(41(23-46(50)54)29-58-17-19-62-3)64-31-38-11-5-9-36(21-38)27-56/h4-15,20-25,33,57-58H,16-19,28-32H2,1-3H3. The monoisotopic (exact) mass is 922 g/mol. The van der Waals surface area contributed by atoms with E-state index in [1.165, 1.54) is 6.33 Å². The largest absolute Gasteiger partial charge is 0.488 e. The van der Waals surface area contributed by atoms with Crippen LogP contribution >= 0.6 is 23.2 Å². The van der Waals surface area contributed by atoms with E-state index in [0.717, 1.165) is 44.5 Å². The van der Waals surface area contributed by atoms with Gasteiger partial charge in [0.2, 0.25) is 5.88 Å². The first kappa shape index (κ1) is 47.2. The molecule has 1 heterocycles. The summed E-state index contributed by atoms with van der Waals surface area (Å²) < 4.78 is 36.0. The minimum Gasteiger partial charge on any atom is -0.488 e. The van der Waals surface area contributed by atoms with E-state index >= 15 is 0 Å². The number of nitrogens with zero attached hydrogens (tertiary/aromatic N) is 4. The molecule has 0 aliphatic carbocycles. The van der Waals surface area contributed by atoms with Crippen molar-refractivity contribution in [3.8, 4) is 52.1 Å². The predicted molar refractivity (Wildman–Crippen MR) is 255 cm³/mol. The number of fused-ring (bicyclic) bond motifs is 1. The molecule has 14 heteroatoms.